The van der Waals surface area contributed by atoms with Crippen LogP contribution in [0.4, 0.5) is 0 Å². The zero-order valence-electron chi connectivity index (χ0n) is 10.4. The molecule has 2 aromatic rings. The van der Waals surface area contributed by atoms with Crippen molar-refractivity contribution in [3.8, 4) is 11.5 Å². The van der Waals surface area contributed by atoms with E-state index in [1.807, 2.05) is 29.6 Å². The van der Waals surface area contributed by atoms with E-state index in [2.05, 4.69) is 0 Å². The number of thiophene rings is 1. The molecule has 0 aliphatic rings. The third kappa shape index (κ3) is 3.03. The average molecular weight is 264 g/mol. The molecule has 1 aromatic heterocycles. The summed E-state index contributed by atoms with van der Waals surface area (Å²) in [7, 11) is 1.60. The van der Waals surface area contributed by atoms with Gasteiger partial charge in [0.15, 0.2) is 11.5 Å². The van der Waals surface area contributed by atoms with Crippen molar-refractivity contribution in [2.75, 3.05) is 7.11 Å². The molecule has 0 amide bonds. The van der Waals surface area contributed by atoms with E-state index in [4.69, 9.17) is 9.47 Å². The lowest BCUT2D eigenvalue weighted by Crippen LogP contribution is -1.98. The first kappa shape index (κ1) is 12.9. The fourth-order valence-electron chi connectivity index (χ4n) is 1.61. The molecular weight excluding hydrogens is 248 g/mol. The Morgan fingerprint density at radius 1 is 1.28 bits per heavy atom. The predicted molar refractivity (Wildman–Crippen MR) is 72.3 cm³/mol. The van der Waals surface area contributed by atoms with Gasteiger partial charge >= 0.3 is 0 Å². The molecule has 0 unspecified atom stereocenters. The van der Waals surface area contributed by atoms with Gasteiger partial charge in [-0.15, -0.1) is 11.3 Å². The lowest BCUT2D eigenvalue weighted by molar-refractivity contribution is 0.198. The standard InChI is InChI=1S/C14H16O3S/c1-10(15)11-5-6-13(14(8-11)16-2)17-9-12-4-3-7-18-12/h3-8,10,15H,9H2,1-2H3/t10-/m1/s1. The number of ether oxygens (including phenoxy) is 2. The first-order valence-corrected chi connectivity index (χ1v) is 6.60. The molecular formula is C14H16O3S. The van der Waals surface area contributed by atoms with Crippen molar-refractivity contribution in [1.29, 1.82) is 0 Å². The molecule has 1 aromatic carbocycles. The summed E-state index contributed by atoms with van der Waals surface area (Å²) in [6.07, 6.45) is -0.509. The van der Waals surface area contributed by atoms with Gasteiger partial charge in [0.25, 0.3) is 0 Å². The second-order valence-corrected chi connectivity index (χ2v) is 4.99. The van der Waals surface area contributed by atoms with E-state index in [0.717, 1.165) is 10.4 Å². The van der Waals surface area contributed by atoms with Crippen LogP contribution in [0.5, 0.6) is 11.5 Å². The van der Waals surface area contributed by atoms with Gasteiger partial charge in [0.1, 0.15) is 6.61 Å². The largest absolute Gasteiger partial charge is 0.493 e. The smallest absolute Gasteiger partial charge is 0.161 e. The maximum absolute atomic E-state index is 9.52. The fourth-order valence-corrected chi connectivity index (χ4v) is 2.22. The monoisotopic (exact) mass is 264 g/mol. The number of rotatable bonds is 5. The number of methoxy groups -OCH3 is 1. The predicted octanol–water partition coefficient (Wildman–Crippen LogP) is 3.39. The van der Waals surface area contributed by atoms with E-state index in [-0.39, 0.29) is 0 Å². The number of benzene rings is 1. The molecule has 4 heteroatoms. The Bertz CT molecular complexity index is 492. The van der Waals surface area contributed by atoms with Crippen LogP contribution < -0.4 is 9.47 Å². The highest BCUT2D eigenvalue weighted by Gasteiger charge is 2.09. The third-order valence-electron chi connectivity index (χ3n) is 2.62. The molecule has 0 bridgehead atoms. The molecule has 0 saturated carbocycles. The number of aliphatic hydroxyl groups is 1. The Kier molecular flexibility index (Phi) is 4.23. The maximum Gasteiger partial charge on any atom is 0.161 e. The number of hydrogen-bond acceptors (Lipinski definition) is 4. The van der Waals surface area contributed by atoms with E-state index in [1.165, 1.54) is 0 Å². The van der Waals surface area contributed by atoms with E-state index in [0.29, 0.717) is 18.1 Å². The Morgan fingerprint density at radius 3 is 2.72 bits per heavy atom. The minimum atomic E-state index is -0.509. The zero-order valence-corrected chi connectivity index (χ0v) is 11.2. The summed E-state index contributed by atoms with van der Waals surface area (Å²) in [5.41, 5.74) is 0.815. The summed E-state index contributed by atoms with van der Waals surface area (Å²) in [6, 6.07) is 9.50. The van der Waals surface area contributed by atoms with Crippen molar-refractivity contribution in [3.05, 3.63) is 46.2 Å². The zero-order chi connectivity index (χ0) is 13.0. The van der Waals surface area contributed by atoms with Gasteiger partial charge in [0, 0.05) is 4.88 Å². The SMILES string of the molecule is COc1cc([C@@H](C)O)ccc1OCc1cccs1. The van der Waals surface area contributed by atoms with Gasteiger partial charge in [0.2, 0.25) is 0 Å². The van der Waals surface area contributed by atoms with Crippen LogP contribution in [-0.4, -0.2) is 12.2 Å². The average Bonchev–Trinajstić information content (AvgIpc) is 2.89. The Morgan fingerprint density at radius 2 is 2.11 bits per heavy atom. The summed E-state index contributed by atoms with van der Waals surface area (Å²) in [5, 5.41) is 11.5. The van der Waals surface area contributed by atoms with E-state index in [9.17, 15) is 5.11 Å². The second-order valence-electron chi connectivity index (χ2n) is 3.95. The maximum atomic E-state index is 9.52. The molecule has 0 radical (unpaired) electrons. The van der Waals surface area contributed by atoms with Gasteiger partial charge in [-0.05, 0) is 36.1 Å². The summed E-state index contributed by atoms with van der Waals surface area (Å²) in [6.45, 7) is 2.25. The first-order valence-electron chi connectivity index (χ1n) is 5.72. The van der Waals surface area contributed by atoms with Gasteiger partial charge in [-0.25, -0.2) is 0 Å². The summed E-state index contributed by atoms with van der Waals surface area (Å²) in [4.78, 5) is 1.16. The number of aliphatic hydroxyl groups excluding tert-OH is 1. The normalized spacial score (nSPS) is 12.2. The second kappa shape index (κ2) is 5.89. The van der Waals surface area contributed by atoms with Gasteiger partial charge in [-0.1, -0.05) is 12.1 Å². The van der Waals surface area contributed by atoms with E-state index in [1.54, 1.807) is 31.4 Å². The minimum absolute atomic E-state index is 0.509. The van der Waals surface area contributed by atoms with Crippen molar-refractivity contribution in [2.24, 2.45) is 0 Å². The minimum Gasteiger partial charge on any atom is -0.493 e. The van der Waals surface area contributed by atoms with Gasteiger partial charge in [-0.3, -0.25) is 0 Å². The third-order valence-corrected chi connectivity index (χ3v) is 3.47. The van der Waals surface area contributed by atoms with Gasteiger partial charge in [-0.2, -0.15) is 0 Å². The van der Waals surface area contributed by atoms with Crippen LogP contribution in [0.1, 0.15) is 23.5 Å². The molecule has 1 atom stereocenters. The Labute approximate surface area is 111 Å². The van der Waals surface area contributed by atoms with Crippen LogP contribution in [-0.2, 0) is 6.61 Å². The van der Waals surface area contributed by atoms with Gasteiger partial charge in [0.05, 0.1) is 13.2 Å². The lowest BCUT2D eigenvalue weighted by Gasteiger charge is -2.12. The highest BCUT2D eigenvalue weighted by atomic mass is 32.1. The molecule has 0 fully saturated rings. The fraction of sp³-hybridized carbons (Fsp3) is 0.286. The molecule has 0 saturated heterocycles. The van der Waals surface area contributed by atoms with Gasteiger partial charge < -0.3 is 14.6 Å². The Balaban J connectivity index is 2.12. The molecule has 18 heavy (non-hydrogen) atoms. The molecule has 1 heterocycles. The molecule has 3 nitrogen and oxygen atoms in total. The summed E-state index contributed by atoms with van der Waals surface area (Å²) >= 11 is 1.66. The van der Waals surface area contributed by atoms with Crippen molar-refractivity contribution < 1.29 is 14.6 Å². The quantitative estimate of drug-likeness (QED) is 0.899. The van der Waals surface area contributed by atoms with Crippen LogP contribution in [0, 0.1) is 0 Å². The molecule has 0 aliphatic carbocycles. The molecule has 0 aliphatic heterocycles. The van der Waals surface area contributed by atoms with E-state index >= 15 is 0 Å². The lowest BCUT2D eigenvalue weighted by atomic mass is 10.1. The molecule has 0 spiro atoms. The van der Waals surface area contributed by atoms with Crippen LogP contribution in [0.2, 0.25) is 0 Å². The molecule has 96 valence electrons. The highest BCUT2D eigenvalue weighted by molar-refractivity contribution is 7.09. The van der Waals surface area contributed by atoms with Crippen molar-refractivity contribution >= 4 is 11.3 Å². The van der Waals surface area contributed by atoms with Crippen LogP contribution in [0.15, 0.2) is 35.7 Å². The molecule has 2 rings (SSSR count). The van der Waals surface area contributed by atoms with Crippen molar-refractivity contribution in [1.82, 2.24) is 0 Å². The number of hydrogen-bond donors (Lipinski definition) is 1. The summed E-state index contributed by atoms with van der Waals surface area (Å²) in [5.74, 6) is 1.33. The topological polar surface area (TPSA) is 38.7 Å². The van der Waals surface area contributed by atoms with Crippen molar-refractivity contribution in [2.45, 2.75) is 19.6 Å². The Hall–Kier alpha value is -1.52. The van der Waals surface area contributed by atoms with Crippen LogP contribution >= 0.6 is 11.3 Å². The first-order chi connectivity index (χ1) is 8.70. The highest BCUT2D eigenvalue weighted by Crippen LogP contribution is 2.31. The molecule has 1 N–H and O–H groups in total. The van der Waals surface area contributed by atoms with Crippen LogP contribution in [0.25, 0.3) is 0 Å². The van der Waals surface area contributed by atoms with E-state index < -0.39 is 6.10 Å². The van der Waals surface area contributed by atoms with Crippen molar-refractivity contribution in [3.63, 3.8) is 0 Å². The summed E-state index contributed by atoms with van der Waals surface area (Å²) < 4.78 is 11.0. The van der Waals surface area contributed by atoms with Crippen LogP contribution in [0.3, 0.4) is 0 Å².